The Balaban J connectivity index is 1.63. The van der Waals surface area contributed by atoms with E-state index in [1.807, 2.05) is 35.1 Å². The predicted molar refractivity (Wildman–Crippen MR) is 92.2 cm³/mol. The van der Waals surface area contributed by atoms with Crippen molar-refractivity contribution in [2.75, 3.05) is 6.54 Å². The Kier molecular flexibility index (Phi) is 4.03. The number of aromatic nitrogens is 3. The van der Waals surface area contributed by atoms with E-state index in [1.54, 1.807) is 6.20 Å². The highest BCUT2D eigenvalue weighted by molar-refractivity contribution is 7.21. The van der Waals surface area contributed by atoms with Gasteiger partial charge in [-0.05, 0) is 36.4 Å². The highest BCUT2D eigenvalue weighted by Gasteiger charge is 2.28. The van der Waals surface area contributed by atoms with Crippen LogP contribution in [0.1, 0.15) is 28.1 Å². The summed E-state index contributed by atoms with van der Waals surface area (Å²) in [6.45, 7) is 2.46. The topological polar surface area (TPSA) is 71.2 Å². The average molecular weight is 342 g/mol. The van der Waals surface area contributed by atoms with Crippen LogP contribution >= 0.6 is 11.3 Å². The number of nitrogens with zero attached hydrogens (tertiary/aromatic N) is 4. The Morgan fingerprint density at radius 1 is 1.38 bits per heavy atom. The quantitative estimate of drug-likeness (QED) is 0.772. The van der Waals surface area contributed by atoms with Crippen molar-refractivity contribution >= 4 is 27.4 Å². The fraction of sp³-hybridized carbons (Fsp3) is 0.353. The average Bonchev–Trinajstić information content (AvgIpc) is 3.30. The number of carbonyl (C=O) groups is 1. The molecule has 1 aliphatic rings. The molecular weight excluding hydrogens is 324 g/mol. The molecule has 7 heteroatoms. The molecule has 0 aliphatic carbocycles. The molecule has 1 aliphatic heterocycles. The molecule has 2 aromatic heterocycles. The molecule has 4 rings (SSSR count). The van der Waals surface area contributed by atoms with Gasteiger partial charge in [0, 0.05) is 23.5 Å². The molecule has 1 fully saturated rings. The number of hydrogen-bond donors (Lipinski definition) is 1. The molecule has 24 heavy (non-hydrogen) atoms. The number of rotatable bonds is 5. The van der Waals surface area contributed by atoms with Crippen molar-refractivity contribution in [1.82, 2.24) is 19.9 Å². The van der Waals surface area contributed by atoms with Gasteiger partial charge in [0.2, 0.25) is 0 Å². The fourth-order valence-electron chi connectivity index (χ4n) is 3.49. The van der Waals surface area contributed by atoms with Crippen LogP contribution in [0.4, 0.5) is 0 Å². The van der Waals surface area contributed by atoms with Gasteiger partial charge in [0.25, 0.3) is 0 Å². The number of carboxylic acids is 1. The van der Waals surface area contributed by atoms with E-state index in [2.05, 4.69) is 15.2 Å². The van der Waals surface area contributed by atoms with Crippen molar-refractivity contribution in [3.8, 4) is 0 Å². The van der Waals surface area contributed by atoms with Crippen LogP contribution in [0.3, 0.4) is 0 Å². The maximum absolute atomic E-state index is 11.7. The van der Waals surface area contributed by atoms with E-state index in [9.17, 15) is 9.90 Å². The monoisotopic (exact) mass is 342 g/mol. The minimum Gasteiger partial charge on any atom is -0.477 e. The molecule has 1 N–H and O–H groups in total. The summed E-state index contributed by atoms with van der Waals surface area (Å²) >= 11 is 1.37. The van der Waals surface area contributed by atoms with Gasteiger partial charge in [-0.2, -0.15) is 0 Å². The maximum atomic E-state index is 11.7. The summed E-state index contributed by atoms with van der Waals surface area (Å²) in [5, 5.41) is 18.6. The third kappa shape index (κ3) is 2.81. The summed E-state index contributed by atoms with van der Waals surface area (Å²) in [6, 6.07) is 8.31. The number of likely N-dealkylation sites (tertiary alicyclic amines) is 1. The molecule has 1 atom stereocenters. The highest BCUT2D eigenvalue weighted by atomic mass is 32.1. The fourth-order valence-corrected chi connectivity index (χ4v) is 4.54. The third-order valence-corrected chi connectivity index (χ3v) is 5.82. The molecule has 0 radical (unpaired) electrons. The van der Waals surface area contributed by atoms with E-state index in [1.165, 1.54) is 11.3 Å². The summed E-state index contributed by atoms with van der Waals surface area (Å²) in [5.74, 6) is -0.835. The molecule has 3 heterocycles. The molecule has 0 saturated carbocycles. The standard InChI is InChI=1S/C17H18N4O2S/c22-17(23)16-14(13-5-1-2-6-15(13)24-16)11-20-8-3-4-12(20)10-21-9-7-18-19-21/h1-2,5-7,9,12H,3-4,8,10-11H2,(H,22,23)/t12-/m0/s1. The molecule has 3 aromatic rings. The second-order valence-electron chi connectivity index (χ2n) is 6.10. The first-order valence-corrected chi connectivity index (χ1v) is 8.86. The van der Waals surface area contributed by atoms with Crippen molar-refractivity contribution in [2.24, 2.45) is 0 Å². The first kappa shape index (κ1) is 15.3. The lowest BCUT2D eigenvalue weighted by atomic mass is 10.1. The van der Waals surface area contributed by atoms with Crippen LogP contribution in [-0.2, 0) is 13.1 Å². The molecule has 6 nitrogen and oxygen atoms in total. The van der Waals surface area contributed by atoms with E-state index < -0.39 is 5.97 Å². The molecule has 1 aromatic carbocycles. The van der Waals surface area contributed by atoms with Crippen LogP contribution in [0.25, 0.3) is 10.1 Å². The van der Waals surface area contributed by atoms with Crippen molar-refractivity contribution in [2.45, 2.75) is 32.0 Å². The first-order valence-electron chi connectivity index (χ1n) is 8.04. The third-order valence-electron chi connectivity index (χ3n) is 4.62. The molecule has 124 valence electrons. The normalized spacial score (nSPS) is 18.4. The zero-order valence-corrected chi connectivity index (χ0v) is 13.9. The molecule has 0 amide bonds. The number of hydrogen-bond acceptors (Lipinski definition) is 5. The first-order chi connectivity index (χ1) is 11.7. The van der Waals surface area contributed by atoms with Crippen molar-refractivity contribution < 1.29 is 9.90 Å². The van der Waals surface area contributed by atoms with Crippen LogP contribution in [0.2, 0.25) is 0 Å². The predicted octanol–water partition coefficient (Wildman–Crippen LogP) is 2.86. The molecule has 0 unspecified atom stereocenters. The zero-order chi connectivity index (χ0) is 16.5. The maximum Gasteiger partial charge on any atom is 0.346 e. The zero-order valence-electron chi connectivity index (χ0n) is 13.1. The van der Waals surface area contributed by atoms with Crippen LogP contribution in [-0.4, -0.2) is 43.6 Å². The number of benzene rings is 1. The Hall–Kier alpha value is -2.25. The van der Waals surface area contributed by atoms with E-state index in [4.69, 9.17) is 0 Å². The minimum atomic E-state index is -0.835. The lowest BCUT2D eigenvalue weighted by Crippen LogP contribution is -2.33. The summed E-state index contributed by atoms with van der Waals surface area (Å²) in [5.41, 5.74) is 0.939. The Bertz CT molecular complexity index is 859. The summed E-state index contributed by atoms with van der Waals surface area (Å²) in [4.78, 5) is 14.5. The van der Waals surface area contributed by atoms with Gasteiger partial charge >= 0.3 is 5.97 Å². The highest BCUT2D eigenvalue weighted by Crippen LogP contribution is 2.34. The van der Waals surface area contributed by atoms with Crippen LogP contribution in [0.5, 0.6) is 0 Å². The van der Waals surface area contributed by atoms with Gasteiger partial charge in [0.15, 0.2) is 0 Å². The number of thiophene rings is 1. The second-order valence-corrected chi connectivity index (χ2v) is 7.15. The molecular formula is C17H18N4O2S. The lowest BCUT2D eigenvalue weighted by Gasteiger charge is -2.24. The minimum absolute atomic E-state index is 0.368. The number of carboxylic acid groups (broad SMARTS) is 1. The van der Waals surface area contributed by atoms with E-state index >= 15 is 0 Å². The molecule has 1 saturated heterocycles. The van der Waals surface area contributed by atoms with Gasteiger partial charge in [-0.25, -0.2) is 4.79 Å². The number of aromatic carboxylic acids is 1. The van der Waals surface area contributed by atoms with Gasteiger partial charge in [-0.3, -0.25) is 9.58 Å². The summed E-state index contributed by atoms with van der Waals surface area (Å²) in [7, 11) is 0. The summed E-state index contributed by atoms with van der Waals surface area (Å²) < 4.78 is 2.89. The van der Waals surface area contributed by atoms with E-state index in [0.717, 1.165) is 41.6 Å². The van der Waals surface area contributed by atoms with Crippen molar-refractivity contribution in [1.29, 1.82) is 0 Å². The van der Waals surface area contributed by atoms with Crippen LogP contribution < -0.4 is 0 Å². The van der Waals surface area contributed by atoms with Crippen LogP contribution in [0, 0.1) is 0 Å². The molecule has 0 spiro atoms. The van der Waals surface area contributed by atoms with E-state index in [0.29, 0.717) is 17.5 Å². The molecule has 0 bridgehead atoms. The van der Waals surface area contributed by atoms with Crippen molar-refractivity contribution in [3.63, 3.8) is 0 Å². The van der Waals surface area contributed by atoms with Gasteiger partial charge in [-0.1, -0.05) is 23.4 Å². The van der Waals surface area contributed by atoms with Gasteiger partial charge in [0.05, 0.1) is 12.7 Å². The van der Waals surface area contributed by atoms with Crippen LogP contribution in [0.15, 0.2) is 36.7 Å². The van der Waals surface area contributed by atoms with Gasteiger partial charge in [-0.15, -0.1) is 16.4 Å². The Labute approximate surface area is 143 Å². The Morgan fingerprint density at radius 3 is 3.04 bits per heavy atom. The largest absolute Gasteiger partial charge is 0.477 e. The summed E-state index contributed by atoms with van der Waals surface area (Å²) in [6.07, 6.45) is 5.79. The SMILES string of the molecule is O=C(O)c1sc2ccccc2c1CN1CCC[C@H]1Cn1ccnn1. The van der Waals surface area contributed by atoms with Gasteiger partial charge in [0.1, 0.15) is 4.88 Å². The Morgan fingerprint density at radius 2 is 2.25 bits per heavy atom. The van der Waals surface area contributed by atoms with Gasteiger partial charge < -0.3 is 5.11 Å². The smallest absolute Gasteiger partial charge is 0.346 e. The van der Waals surface area contributed by atoms with Crippen molar-refractivity contribution in [3.05, 3.63) is 47.1 Å². The van der Waals surface area contributed by atoms with E-state index in [-0.39, 0.29) is 0 Å². The number of fused-ring (bicyclic) bond motifs is 1. The second kappa shape index (κ2) is 6.33. The lowest BCUT2D eigenvalue weighted by molar-refractivity contribution is 0.0699.